The molecule has 0 spiro atoms. The van der Waals surface area contributed by atoms with E-state index in [-0.39, 0.29) is 18.8 Å². The van der Waals surface area contributed by atoms with Crippen LogP contribution in [0.1, 0.15) is 37.8 Å². The van der Waals surface area contributed by atoms with E-state index in [1.807, 2.05) is 6.92 Å². The lowest BCUT2D eigenvalue weighted by atomic mass is 9.98. The number of carbonyl (C=O) groups excluding carboxylic acids is 1. The summed E-state index contributed by atoms with van der Waals surface area (Å²) >= 11 is 0. The zero-order chi connectivity index (χ0) is 20.1. The largest absolute Gasteiger partial charge is 0.497 e. The third-order valence-electron chi connectivity index (χ3n) is 4.89. The zero-order valence-corrected chi connectivity index (χ0v) is 16.0. The molecule has 7 heteroatoms. The van der Waals surface area contributed by atoms with Crippen LogP contribution in [0.2, 0.25) is 0 Å². The molecule has 2 aromatic rings. The van der Waals surface area contributed by atoms with Gasteiger partial charge in [0.2, 0.25) is 5.91 Å². The van der Waals surface area contributed by atoms with Crippen LogP contribution in [0.4, 0.5) is 0 Å². The van der Waals surface area contributed by atoms with Gasteiger partial charge in [-0.05, 0) is 37.0 Å². The van der Waals surface area contributed by atoms with Gasteiger partial charge in [-0.1, -0.05) is 20.3 Å². The van der Waals surface area contributed by atoms with E-state index in [1.165, 1.54) is 7.11 Å². The van der Waals surface area contributed by atoms with Crippen LogP contribution in [0, 0.1) is 12.8 Å². The van der Waals surface area contributed by atoms with E-state index in [2.05, 4.69) is 5.32 Å². The van der Waals surface area contributed by atoms with Crippen molar-refractivity contribution in [2.24, 2.45) is 5.92 Å². The molecular formula is C20H25NO6. The molecule has 0 aliphatic carbocycles. The molecule has 0 unspecified atom stereocenters. The Morgan fingerprint density at radius 2 is 2.04 bits per heavy atom. The average Bonchev–Trinajstić information content (AvgIpc) is 2.64. The van der Waals surface area contributed by atoms with Crippen molar-refractivity contribution < 1.29 is 23.8 Å². The molecule has 0 saturated heterocycles. The lowest BCUT2D eigenvalue weighted by Crippen LogP contribution is -2.45. The van der Waals surface area contributed by atoms with Crippen LogP contribution in [0.3, 0.4) is 0 Å². The van der Waals surface area contributed by atoms with Crippen molar-refractivity contribution in [3.63, 3.8) is 0 Å². The summed E-state index contributed by atoms with van der Waals surface area (Å²) in [5.41, 5.74) is 1.08. The number of amides is 1. The quantitative estimate of drug-likeness (QED) is 0.687. The standard InChI is InChI=1S/C20H25NO6/c1-5-11(2)18(19(23)24)21-17(22)9-8-15-12(3)14-7-6-13(26-4)10-16(14)27-20(15)25/h6-7,10-11,18H,5,8-9H2,1-4H3,(H,21,22)(H,23,24)/t11-,18-/m0/s1. The summed E-state index contributed by atoms with van der Waals surface area (Å²) in [6.07, 6.45) is 0.816. The van der Waals surface area contributed by atoms with E-state index in [4.69, 9.17) is 9.15 Å². The summed E-state index contributed by atoms with van der Waals surface area (Å²) in [4.78, 5) is 35.8. The van der Waals surface area contributed by atoms with E-state index in [0.29, 0.717) is 23.3 Å². The van der Waals surface area contributed by atoms with Gasteiger partial charge in [0.05, 0.1) is 7.11 Å². The van der Waals surface area contributed by atoms with E-state index in [9.17, 15) is 19.5 Å². The highest BCUT2D eigenvalue weighted by atomic mass is 16.5. The van der Waals surface area contributed by atoms with Gasteiger partial charge in [-0.15, -0.1) is 0 Å². The van der Waals surface area contributed by atoms with Crippen LogP contribution in [-0.4, -0.2) is 30.1 Å². The van der Waals surface area contributed by atoms with Gasteiger partial charge in [-0.25, -0.2) is 9.59 Å². The van der Waals surface area contributed by atoms with Crippen LogP contribution in [0.25, 0.3) is 11.0 Å². The predicted molar refractivity (Wildman–Crippen MR) is 101 cm³/mol. The van der Waals surface area contributed by atoms with Gasteiger partial charge in [0.1, 0.15) is 17.4 Å². The second-order valence-electron chi connectivity index (χ2n) is 6.62. The number of carbonyl (C=O) groups is 2. The molecule has 0 bridgehead atoms. The Morgan fingerprint density at radius 3 is 2.63 bits per heavy atom. The van der Waals surface area contributed by atoms with Gasteiger partial charge in [0, 0.05) is 23.4 Å². The van der Waals surface area contributed by atoms with E-state index in [1.54, 1.807) is 32.0 Å². The molecule has 146 valence electrons. The van der Waals surface area contributed by atoms with E-state index >= 15 is 0 Å². The summed E-state index contributed by atoms with van der Waals surface area (Å²) in [6, 6.07) is 4.28. The molecule has 2 rings (SSSR count). The van der Waals surface area contributed by atoms with Crippen molar-refractivity contribution in [3.8, 4) is 5.75 Å². The topological polar surface area (TPSA) is 106 Å². The first-order valence-corrected chi connectivity index (χ1v) is 8.91. The van der Waals surface area contributed by atoms with Crippen LogP contribution in [0.15, 0.2) is 27.4 Å². The molecule has 1 amide bonds. The molecular weight excluding hydrogens is 350 g/mol. The lowest BCUT2D eigenvalue weighted by molar-refractivity contribution is -0.143. The molecule has 0 aliphatic rings. The van der Waals surface area contributed by atoms with Gasteiger partial charge >= 0.3 is 11.6 Å². The fraction of sp³-hybridized carbons (Fsp3) is 0.450. The normalized spacial score (nSPS) is 13.2. The highest BCUT2D eigenvalue weighted by molar-refractivity contribution is 5.85. The number of aliphatic carboxylic acids is 1. The number of rotatable bonds is 8. The highest BCUT2D eigenvalue weighted by Crippen LogP contribution is 2.24. The molecule has 7 nitrogen and oxygen atoms in total. The SMILES string of the molecule is CC[C@H](C)[C@H](NC(=O)CCc1c(C)c2ccc(OC)cc2oc1=O)C(=O)O. The number of carboxylic acids is 1. The van der Waals surface area contributed by atoms with Gasteiger partial charge in [-0.2, -0.15) is 0 Å². The molecule has 0 fully saturated rings. The molecule has 0 aliphatic heterocycles. The van der Waals surface area contributed by atoms with Crippen molar-refractivity contribution in [2.45, 2.75) is 46.1 Å². The number of benzene rings is 1. The van der Waals surface area contributed by atoms with Crippen molar-refractivity contribution in [2.75, 3.05) is 7.11 Å². The maximum atomic E-state index is 12.3. The second kappa shape index (κ2) is 8.70. The summed E-state index contributed by atoms with van der Waals surface area (Å²) in [7, 11) is 1.53. The summed E-state index contributed by atoms with van der Waals surface area (Å²) in [5, 5.41) is 12.6. The van der Waals surface area contributed by atoms with Gasteiger partial charge in [0.25, 0.3) is 0 Å². The first-order valence-electron chi connectivity index (χ1n) is 8.91. The lowest BCUT2D eigenvalue weighted by Gasteiger charge is -2.20. The Hall–Kier alpha value is -2.83. The second-order valence-corrected chi connectivity index (χ2v) is 6.62. The summed E-state index contributed by atoms with van der Waals surface area (Å²) in [5.74, 6) is -1.07. The molecule has 1 heterocycles. The van der Waals surface area contributed by atoms with Crippen LogP contribution in [0.5, 0.6) is 5.75 Å². The Morgan fingerprint density at radius 1 is 1.33 bits per heavy atom. The van der Waals surface area contributed by atoms with E-state index in [0.717, 1.165) is 10.9 Å². The molecule has 0 radical (unpaired) electrons. The number of hydrogen-bond donors (Lipinski definition) is 2. The number of carboxylic acid groups (broad SMARTS) is 1. The summed E-state index contributed by atoms with van der Waals surface area (Å²) in [6.45, 7) is 5.44. The van der Waals surface area contributed by atoms with Gasteiger partial charge in [-0.3, -0.25) is 4.79 Å². The zero-order valence-electron chi connectivity index (χ0n) is 16.0. The minimum Gasteiger partial charge on any atom is -0.497 e. The number of ether oxygens (including phenoxy) is 1. The number of nitrogens with one attached hydrogen (secondary N) is 1. The molecule has 1 aromatic heterocycles. The minimum absolute atomic E-state index is 0.00742. The third-order valence-corrected chi connectivity index (χ3v) is 4.89. The smallest absolute Gasteiger partial charge is 0.339 e. The van der Waals surface area contributed by atoms with Gasteiger partial charge in [0.15, 0.2) is 0 Å². The number of fused-ring (bicyclic) bond motifs is 1. The highest BCUT2D eigenvalue weighted by Gasteiger charge is 2.25. The molecule has 2 N–H and O–H groups in total. The monoisotopic (exact) mass is 375 g/mol. The first kappa shape index (κ1) is 20.5. The van der Waals surface area contributed by atoms with Crippen molar-refractivity contribution >= 4 is 22.8 Å². The average molecular weight is 375 g/mol. The Bertz CT molecular complexity index is 901. The maximum Gasteiger partial charge on any atom is 0.339 e. The molecule has 2 atom stereocenters. The molecule has 1 aromatic carbocycles. The fourth-order valence-corrected chi connectivity index (χ4v) is 2.96. The van der Waals surface area contributed by atoms with Gasteiger partial charge < -0.3 is 19.6 Å². The van der Waals surface area contributed by atoms with Crippen LogP contribution >= 0.6 is 0 Å². The first-order chi connectivity index (χ1) is 12.8. The van der Waals surface area contributed by atoms with Crippen LogP contribution in [-0.2, 0) is 16.0 Å². The van der Waals surface area contributed by atoms with E-state index < -0.39 is 23.5 Å². The van der Waals surface area contributed by atoms with Crippen LogP contribution < -0.4 is 15.7 Å². The summed E-state index contributed by atoms with van der Waals surface area (Å²) < 4.78 is 10.5. The number of hydrogen-bond acceptors (Lipinski definition) is 5. The minimum atomic E-state index is -1.06. The molecule has 0 saturated carbocycles. The van der Waals surface area contributed by atoms with Crippen molar-refractivity contribution in [1.82, 2.24) is 5.32 Å². The fourth-order valence-electron chi connectivity index (χ4n) is 2.96. The maximum absolute atomic E-state index is 12.3. The third kappa shape index (κ3) is 4.67. The number of aryl methyl sites for hydroxylation is 1. The Labute approximate surface area is 157 Å². The Kier molecular flexibility index (Phi) is 6.60. The van der Waals surface area contributed by atoms with Crippen molar-refractivity contribution in [1.29, 1.82) is 0 Å². The van der Waals surface area contributed by atoms with Crippen molar-refractivity contribution in [3.05, 3.63) is 39.7 Å². The Balaban J connectivity index is 2.18. The molecule has 27 heavy (non-hydrogen) atoms. The predicted octanol–water partition coefficient (Wildman–Crippen LogP) is 2.66. The number of methoxy groups -OCH3 is 1.